The van der Waals surface area contributed by atoms with Crippen molar-refractivity contribution in [2.45, 2.75) is 34.6 Å². The van der Waals surface area contributed by atoms with E-state index in [0.29, 0.717) is 17.8 Å². The third kappa shape index (κ3) is 4.80. The Morgan fingerprint density at radius 1 is 0.743 bits per heavy atom. The molecule has 0 aliphatic heterocycles. The zero-order valence-electron chi connectivity index (χ0n) is 22.1. The van der Waals surface area contributed by atoms with Crippen LogP contribution < -0.4 is 9.47 Å². The van der Waals surface area contributed by atoms with Gasteiger partial charge in [0, 0.05) is 11.1 Å². The van der Waals surface area contributed by atoms with E-state index in [1.807, 2.05) is 0 Å². The van der Waals surface area contributed by atoms with Gasteiger partial charge in [0.25, 0.3) is 0 Å². The molecule has 1 aliphatic carbocycles. The summed E-state index contributed by atoms with van der Waals surface area (Å²) in [6.45, 7) is 11.7. The smallest absolute Gasteiger partial charge is 0.137 e. The third-order valence-corrected chi connectivity index (χ3v) is 7.13. The lowest BCUT2D eigenvalue weighted by Gasteiger charge is -2.42. The average molecular weight is 467 g/mol. The summed E-state index contributed by atoms with van der Waals surface area (Å²) in [5, 5.41) is 0. The fourth-order valence-electron chi connectivity index (χ4n) is 5.60. The first kappa shape index (κ1) is 24.9. The van der Waals surface area contributed by atoms with Crippen molar-refractivity contribution in [2.24, 2.45) is 23.2 Å². The summed E-state index contributed by atoms with van der Waals surface area (Å²) < 4.78 is 12.5. The monoisotopic (exact) mass is 466 g/mol. The Balaban J connectivity index is 2.11. The van der Waals surface area contributed by atoms with Crippen LogP contribution in [0.15, 0.2) is 85.0 Å². The van der Waals surface area contributed by atoms with E-state index >= 15 is 0 Å². The highest BCUT2D eigenvalue weighted by Gasteiger charge is 2.39. The van der Waals surface area contributed by atoms with E-state index in [9.17, 15) is 0 Å². The number of ether oxygens (including phenoxy) is 2. The molecule has 0 fully saturated rings. The number of methoxy groups -OCH3 is 2. The zero-order valence-corrected chi connectivity index (χ0v) is 22.1. The molecule has 0 saturated carbocycles. The maximum absolute atomic E-state index is 6.23. The second kappa shape index (κ2) is 10.2. The highest BCUT2D eigenvalue weighted by molar-refractivity contribution is 5.93. The van der Waals surface area contributed by atoms with E-state index in [4.69, 9.17) is 9.47 Å². The van der Waals surface area contributed by atoms with Gasteiger partial charge in [-0.05, 0) is 45.9 Å². The largest absolute Gasteiger partial charge is 0.495 e. The van der Waals surface area contributed by atoms with Gasteiger partial charge in [0.05, 0.1) is 19.8 Å². The Hall–Kier alpha value is -3.26. The van der Waals surface area contributed by atoms with Crippen LogP contribution in [0.3, 0.4) is 0 Å². The van der Waals surface area contributed by atoms with Crippen LogP contribution in [0.2, 0.25) is 0 Å². The lowest BCUT2D eigenvalue weighted by atomic mass is 9.62. The summed E-state index contributed by atoms with van der Waals surface area (Å²) in [5.74, 6) is 2.98. The molecule has 0 N–H and O–H groups in total. The van der Waals surface area contributed by atoms with Crippen molar-refractivity contribution in [1.82, 2.24) is 0 Å². The Morgan fingerprint density at radius 3 is 1.63 bits per heavy atom. The van der Waals surface area contributed by atoms with E-state index in [1.54, 1.807) is 14.2 Å². The molecule has 0 bridgehead atoms. The molecule has 2 atom stereocenters. The van der Waals surface area contributed by atoms with Gasteiger partial charge in [-0.2, -0.15) is 0 Å². The maximum atomic E-state index is 6.23. The van der Waals surface area contributed by atoms with Crippen LogP contribution in [-0.2, 0) is 0 Å². The standard InChI is InChI=1S/C33H38O2/c1-22(2)25-19-14-20-26(30(25)33(3,4)5)29-31(34-6)27(23-15-10-8-11-16-23)21-28(32(29)35-7)24-17-12-9-13-18-24/h8-22,25,30H,1-7H3/t25-,30-/m1/s1. The molecule has 0 radical (unpaired) electrons. The Labute approximate surface area is 211 Å². The van der Waals surface area contributed by atoms with Gasteiger partial charge in [-0.15, -0.1) is 0 Å². The number of rotatable bonds is 6. The molecular formula is C33H38O2. The molecule has 0 amide bonds. The summed E-state index contributed by atoms with van der Waals surface area (Å²) in [5.41, 5.74) is 6.80. The predicted octanol–water partition coefficient (Wildman–Crippen LogP) is 8.93. The van der Waals surface area contributed by atoms with Crippen molar-refractivity contribution in [3.05, 3.63) is 90.5 Å². The number of benzene rings is 3. The van der Waals surface area contributed by atoms with Gasteiger partial charge < -0.3 is 9.47 Å². The fourth-order valence-corrected chi connectivity index (χ4v) is 5.60. The van der Waals surface area contributed by atoms with E-state index in [1.165, 1.54) is 5.57 Å². The summed E-state index contributed by atoms with van der Waals surface area (Å²) >= 11 is 0. The van der Waals surface area contributed by atoms with Crippen LogP contribution in [0.25, 0.3) is 27.8 Å². The van der Waals surface area contributed by atoms with Gasteiger partial charge in [-0.1, -0.05) is 114 Å². The first-order valence-electron chi connectivity index (χ1n) is 12.6. The molecule has 0 unspecified atom stereocenters. The maximum Gasteiger partial charge on any atom is 0.137 e. The van der Waals surface area contributed by atoms with Crippen LogP contribution in [-0.4, -0.2) is 14.2 Å². The van der Waals surface area contributed by atoms with Gasteiger partial charge >= 0.3 is 0 Å². The molecule has 2 heteroatoms. The molecule has 2 nitrogen and oxygen atoms in total. The minimum absolute atomic E-state index is 0.0528. The van der Waals surface area contributed by atoms with Crippen LogP contribution in [0, 0.1) is 23.2 Å². The molecule has 182 valence electrons. The Bertz CT molecular complexity index is 1150. The molecule has 35 heavy (non-hydrogen) atoms. The first-order valence-corrected chi connectivity index (χ1v) is 12.6. The molecule has 4 rings (SSSR count). The van der Waals surface area contributed by atoms with Crippen LogP contribution >= 0.6 is 0 Å². The average Bonchev–Trinajstić information content (AvgIpc) is 2.87. The van der Waals surface area contributed by atoms with Gasteiger partial charge in [0.15, 0.2) is 0 Å². The van der Waals surface area contributed by atoms with Crippen molar-refractivity contribution < 1.29 is 9.47 Å². The molecule has 3 aromatic carbocycles. The lowest BCUT2D eigenvalue weighted by molar-refractivity contribution is 0.207. The minimum Gasteiger partial charge on any atom is -0.495 e. The predicted molar refractivity (Wildman–Crippen MR) is 149 cm³/mol. The quantitative estimate of drug-likeness (QED) is 0.361. The number of hydrogen-bond acceptors (Lipinski definition) is 2. The Kier molecular flexibility index (Phi) is 7.21. The van der Waals surface area contributed by atoms with Crippen molar-refractivity contribution in [2.75, 3.05) is 14.2 Å². The number of hydrogen-bond donors (Lipinski definition) is 0. The van der Waals surface area contributed by atoms with Gasteiger partial charge in [-0.3, -0.25) is 0 Å². The molecule has 3 aromatic rings. The second-order valence-electron chi connectivity index (χ2n) is 10.8. The normalized spacial score (nSPS) is 17.9. The first-order chi connectivity index (χ1) is 16.8. The molecule has 0 heterocycles. The van der Waals surface area contributed by atoms with Crippen molar-refractivity contribution in [3.8, 4) is 33.8 Å². The van der Waals surface area contributed by atoms with Crippen molar-refractivity contribution in [1.29, 1.82) is 0 Å². The molecule has 0 saturated heterocycles. The second-order valence-corrected chi connectivity index (χ2v) is 10.8. The van der Waals surface area contributed by atoms with Crippen molar-refractivity contribution >= 4 is 5.57 Å². The van der Waals surface area contributed by atoms with E-state index in [2.05, 4.69) is 120 Å². The SMILES string of the molecule is COc1c(-c2ccccc2)cc(-c2ccccc2)c(OC)c1C1=CC=C[C@H](C(C)C)[C@H]1C(C)(C)C. The zero-order chi connectivity index (χ0) is 25.2. The van der Waals surface area contributed by atoms with Crippen LogP contribution in [0.1, 0.15) is 40.2 Å². The third-order valence-electron chi connectivity index (χ3n) is 7.13. The fraction of sp³-hybridized carbons (Fsp3) is 0.333. The highest BCUT2D eigenvalue weighted by atomic mass is 16.5. The molecule has 1 aliphatic rings. The summed E-state index contributed by atoms with van der Waals surface area (Å²) in [4.78, 5) is 0. The molecule has 0 aromatic heterocycles. The van der Waals surface area contributed by atoms with E-state index in [0.717, 1.165) is 39.3 Å². The lowest BCUT2D eigenvalue weighted by Crippen LogP contribution is -2.33. The summed E-state index contributed by atoms with van der Waals surface area (Å²) in [6, 6.07) is 23.2. The van der Waals surface area contributed by atoms with E-state index in [-0.39, 0.29) is 5.41 Å². The van der Waals surface area contributed by atoms with Crippen molar-refractivity contribution in [3.63, 3.8) is 0 Å². The van der Waals surface area contributed by atoms with Crippen LogP contribution in [0.4, 0.5) is 0 Å². The highest BCUT2D eigenvalue weighted by Crippen LogP contribution is 2.55. The summed E-state index contributed by atoms with van der Waals surface area (Å²) in [6.07, 6.45) is 6.87. The number of allylic oxidation sites excluding steroid dienone is 4. The van der Waals surface area contributed by atoms with E-state index < -0.39 is 0 Å². The van der Waals surface area contributed by atoms with Gasteiger partial charge in [0.2, 0.25) is 0 Å². The topological polar surface area (TPSA) is 18.5 Å². The van der Waals surface area contributed by atoms with Crippen LogP contribution in [0.5, 0.6) is 11.5 Å². The Morgan fingerprint density at radius 2 is 1.23 bits per heavy atom. The van der Waals surface area contributed by atoms with Gasteiger partial charge in [0.1, 0.15) is 11.5 Å². The molecule has 0 spiro atoms. The van der Waals surface area contributed by atoms with Gasteiger partial charge in [-0.25, -0.2) is 0 Å². The summed E-state index contributed by atoms with van der Waals surface area (Å²) in [7, 11) is 3.55. The molecular weight excluding hydrogens is 428 g/mol. The minimum atomic E-state index is 0.0528.